The van der Waals surface area contributed by atoms with Crippen molar-refractivity contribution in [1.82, 2.24) is 14.9 Å². The zero-order valence-corrected chi connectivity index (χ0v) is 10.2. The average Bonchev–Trinajstić information content (AvgIpc) is 2.26. The molecule has 0 aliphatic rings. The van der Waals surface area contributed by atoms with Gasteiger partial charge in [-0.15, -0.1) is 0 Å². The van der Waals surface area contributed by atoms with Crippen LogP contribution in [0.25, 0.3) is 11.0 Å². The van der Waals surface area contributed by atoms with Gasteiger partial charge in [-0.2, -0.15) is 0 Å². The van der Waals surface area contributed by atoms with Crippen LogP contribution >= 0.6 is 0 Å². The van der Waals surface area contributed by atoms with Crippen LogP contribution in [0.2, 0.25) is 0 Å². The summed E-state index contributed by atoms with van der Waals surface area (Å²) in [6, 6.07) is 5.27. The van der Waals surface area contributed by atoms with Gasteiger partial charge in [0.15, 0.2) is 0 Å². The number of aromatic amines is 1. The highest BCUT2D eigenvalue weighted by molar-refractivity contribution is 5.81. The van der Waals surface area contributed by atoms with Gasteiger partial charge in [0.2, 0.25) is 0 Å². The number of H-pyrrole nitrogens is 1. The lowest BCUT2D eigenvalue weighted by molar-refractivity contribution is 0.397. The monoisotopic (exact) mass is 233 g/mol. The van der Waals surface area contributed by atoms with Crippen LogP contribution in [0, 0.1) is 0 Å². The van der Waals surface area contributed by atoms with Gasteiger partial charge in [-0.3, -0.25) is 4.79 Å². The van der Waals surface area contributed by atoms with Crippen LogP contribution in [0.1, 0.15) is 5.69 Å². The summed E-state index contributed by atoms with van der Waals surface area (Å²) in [6.07, 6.45) is 0. The lowest BCUT2D eigenvalue weighted by atomic mass is 10.2. The first kappa shape index (κ1) is 11.6. The molecule has 0 spiro atoms. The van der Waals surface area contributed by atoms with E-state index in [0.717, 1.165) is 17.6 Å². The molecule has 0 radical (unpaired) electrons. The molecule has 1 N–H and O–H groups in total. The Kier molecular flexibility index (Phi) is 3.10. The summed E-state index contributed by atoms with van der Waals surface area (Å²) in [5.74, 6) is 0.549. The Hall–Kier alpha value is -1.88. The topological polar surface area (TPSA) is 58.2 Å². The number of hydrogen-bond donors (Lipinski definition) is 1. The molecule has 2 rings (SSSR count). The van der Waals surface area contributed by atoms with E-state index in [-0.39, 0.29) is 5.56 Å². The molecule has 0 aromatic carbocycles. The molecule has 2 heterocycles. The maximum Gasteiger partial charge on any atom is 0.253 e. The Balaban J connectivity index is 2.57. The van der Waals surface area contributed by atoms with Gasteiger partial charge < -0.3 is 14.6 Å². The Bertz CT molecular complexity index is 590. The predicted octanol–water partition coefficient (Wildman–Crippen LogP) is 0.993. The molecule has 0 amide bonds. The number of rotatable bonds is 3. The first-order chi connectivity index (χ1) is 8.10. The van der Waals surface area contributed by atoms with E-state index in [4.69, 9.17) is 4.74 Å². The molecule has 5 heteroatoms. The van der Waals surface area contributed by atoms with E-state index in [1.165, 1.54) is 6.07 Å². The number of pyridine rings is 2. The van der Waals surface area contributed by atoms with Crippen molar-refractivity contribution in [3.8, 4) is 5.75 Å². The van der Waals surface area contributed by atoms with Crippen molar-refractivity contribution < 1.29 is 4.74 Å². The first-order valence-electron chi connectivity index (χ1n) is 5.32. The van der Waals surface area contributed by atoms with Crippen LogP contribution in [-0.2, 0) is 6.54 Å². The van der Waals surface area contributed by atoms with E-state index < -0.39 is 0 Å². The van der Waals surface area contributed by atoms with Crippen LogP contribution < -0.4 is 10.3 Å². The quantitative estimate of drug-likeness (QED) is 0.859. The maximum atomic E-state index is 11.4. The summed E-state index contributed by atoms with van der Waals surface area (Å²) >= 11 is 0. The molecule has 0 fully saturated rings. The molecule has 90 valence electrons. The molecule has 17 heavy (non-hydrogen) atoms. The number of aromatic nitrogens is 2. The molecule has 0 aliphatic heterocycles. The minimum atomic E-state index is -0.205. The molecule has 0 aliphatic carbocycles. The first-order valence-corrected chi connectivity index (χ1v) is 5.32. The number of nitrogens with zero attached hydrogens (tertiary/aromatic N) is 2. The number of ether oxygens (including phenoxy) is 1. The molecule has 0 unspecified atom stereocenters. The zero-order chi connectivity index (χ0) is 12.4. The van der Waals surface area contributed by atoms with Gasteiger partial charge in [0.25, 0.3) is 5.56 Å². The normalized spacial score (nSPS) is 11.1. The van der Waals surface area contributed by atoms with Gasteiger partial charge >= 0.3 is 0 Å². The van der Waals surface area contributed by atoms with Crippen LogP contribution in [-0.4, -0.2) is 36.1 Å². The number of fused-ring (bicyclic) bond motifs is 1. The highest BCUT2D eigenvalue weighted by Gasteiger charge is 2.06. The Morgan fingerprint density at radius 2 is 2.18 bits per heavy atom. The fourth-order valence-electron chi connectivity index (χ4n) is 1.72. The molecule has 0 atom stereocenters. The smallest absolute Gasteiger partial charge is 0.253 e. The van der Waals surface area contributed by atoms with E-state index >= 15 is 0 Å². The molecule has 5 nitrogen and oxygen atoms in total. The van der Waals surface area contributed by atoms with Gasteiger partial charge in [-0.1, -0.05) is 0 Å². The number of nitrogens with one attached hydrogen (secondary N) is 1. The summed E-state index contributed by atoms with van der Waals surface area (Å²) < 4.78 is 5.16. The van der Waals surface area contributed by atoms with Crippen molar-refractivity contribution in [2.24, 2.45) is 0 Å². The van der Waals surface area contributed by atoms with Crippen molar-refractivity contribution in [3.63, 3.8) is 0 Å². The fraction of sp³-hybridized carbons (Fsp3) is 0.333. The largest absolute Gasteiger partial charge is 0.496 e. The Morgan fingerprint density at radius 3 is 2.82 bits per heavy atom. The van der Waals surface area contributed by atoms with Crippen molar-refractivity contribution in [2.45, 2.75) is 6.54 Å². The third kappa shape index (κ3) is 2.45. The second-order valence-corrected chi connectivity index (χ2v) is 4.14. The summed E-state index contributed by atoms with van der Waals surface area (Å²) in [5, 5.41) is 0.814. The Morgan fingerprint density at radius 1 is 1.41 bits per heavy atom. The number of hydrogen-bond acceptors (Lipinski definition) is 4. The standard InChI is InChI=1S/C12H15N3O2/c1-15(2)7-8-4-5-9-10(17-3)6-11(16)14-12(9)13-8/h4-6H,7H2,1-3H3,(H,13,14,16). The predicted molar refractivity (Wildman–Crippen MR) is 66.3 cm³/mol. The van der Waals surface area contributed by atoms with Gasteiger partial charge in [0.1, 0.15) is 11.4 Å². The van der Waals surface area contributed by atoms with Gasteiger partial charge in [0.05, 0.1) is 18.2 Å². The molecular formula is C12H15N3O2. The van der Waals surface area contributed by atoms with Gasteiger partial charge in [-0.25, -0.2) is 4.98 Å². The highest BCUT2D eigenvalue weighted by Crippen LogP contribution is 2.20. The summed E-state index contributed by atoms with van der Waals surface area (Å²) in [4.78, 5) is 20.6. The SMILES string of the molecule is COc1cc(=O)[nH]c2nc(CN(C)C)ccc12. The van der Waals surface area contributed by atoms with E-state index in [0.29, 0.717) is 11.4 Å². The lowest BCUT2D eigenvalue weighted by Crippen LogP contribution is -2.13. The summed E-state index contributed by atoms with van der Waals surface area (Å²) in [5.41, 5.74) is 1.27. The summed E-state index contributed by atoms with van der Waals surface area (Å²) in [6.45, 7) is 0.731. The summed E-state index contributed by atoms with van der Waals surface area (Å²) in [7, 11) is 5.49. The molecule has 0 saturated carbocycles. The molecule has 0 bridgehead atoms. The fourth-order valence-corrected chi connectivity index (χ4v) is 1.72. The molecule has 2 aromatic heterocycles. The highest BCUT2D eigenvalue weighted by atomic mass is 16.5. The van der Waals surface area contributed by atoms with E-state index in [1.807, 2.05) is 31.1 Å². The van der Waals surface area contributed by atoms with E-state index in [9.17, 15) is 4.79 Å². The van der Waals surface area contributed by atoms with Crippen molar-refractivity contribution in [1.29, 1.82) is 0 Å². The van der Waals surface area contributed by atoms with Crippen molar-refractivity contribution >= 4 is 11.0 Å². The van der Waals surface area contributed by atoms with Gasteiger partial charge in [0, 0.05) is 12.6 Å². The molecular weight excluding hydrogens is 218 g/mol. The molecule has 2 aromatic rings. The number of methoxy groups -OCH3 is 1. The average molecular weight is 233 g/mol. The second-order valence-electron chi connectivity index (χ2n) is 4.14. The maximum absolute atomic E-state index is 11.4. The third-order valence-electron chi connectivity index (χ3n) is 2.42. The second kappa shape index (κ2) is 4.55. The van der Waals surface area contributed by atoms with Crippen LogP contribution in [0.3, 0.4) is 0 Å². The van der Waals surface area contributed by atoms with Gasteiger partial charge in [-0.05, 0) is 26.2 Å². The van der Waals surface area contributed by atoms with Crippen LogP contribution in [0.5, 0.6) is 5.75 Å². The minimum Gasteiger partial charge on any atom is -0.496 e. The zero-order valence-electron chi connectivity index (χ0n) is 10.2. The third-order valence-corrected chi connectivity index (χ3v) is 2.42. The van der Waals surface area contributed by atoms with E-state index in [1.54, 1.807) is 7.11 Å². The van der Waals surface area contributed by atoms with E-state index in [2.05, 4.69) is 9.97 Å². The Labute approximate surface area is 99.0 Å². The van der Waals surface area contributed by atoms with Crippen LogP contribution in [0.4, 0.5) is 0 Å². The lowest BCUT2D eigenvalue weighted by Gasteiger charge is -2.10. The van der Waals surface area contributed by atoms with Crippen molar-refractivity contribution in [2.75, 3.05) is 21.2 Å². The minimum absolute atomic E-state index is 0.205. The van der Waals surface area contributed by atoms with Crippen LogP contribution in [0.15, 0.2) is 23.0 Å². The molecule has 0 saturated heterocycles. The van der Waals surface area contributed by atoms with Crippen molar-refractivity contribution in [3.05, 3.63) is 34.2 Å².